The molecule has 1 aromatic carbocycles. The number of ether oxygens (including phenoxy) is 1. The van der Waals surface area contributed by atoms with Gasteiger partial charge in [-0.15, -0.1) is 0 Å². The van der Waals surface area contributed by atoms with Crippen LogP contribution in [0.2, 0.25) is 0 Å². The molecule has 0 bridgehead atoms. The highest BCUT2D eigenvalue weighted by Crippen LogP contribution is 2.29. The van der Waals surface area contributed by atoms with Crippen molar-refractivity contribution < 1.29 is 9.53 Å². The van der Waals surface area contributed by atoms with E-state index >= 15 is 0 Å². The van der Waals surface area contributed by atoms with Crippen LogP contribution in [-0.4, -0.2) is 57.2 Å². The van der Waals surface area contributed by atoms with Crippen LogP contribution in [0, 0.1) is 5.41 Å². The Kier molecular flexibility index (Phi) is 7.21. The molecule has 0 spiro atoms. The maximum Gasteiger partial charge on any atom is 0.228 e. The molecule has 134 valence electrons. The van der Waals surface area contributed by atoms with Gasteiger partial charge in [0.1, 0.15) is 0 Å². The lowest BCUT2D eigenvalue weighted by molar-refractivity contribution is -0.137. The van der Waals surface area contributed by atoms with Gasteiger partial charge in [0.15, 0.2) is 0 Å². The van der Waals surface area contributed by atoms with Crippen LogP contribution >= 0.6 is 0 Å². The lowest BCUT2D eigenvalue weighted by atomic mass is 9.78. The molecular formula is C19H31N3O2. The van der Waals surface area contributed by atoms with Crippen molar-refractivity contribution in [2.75, 3.05) is 40.4 Å². The maximum absolute atomic E-state index is 12.8. The number of likely N-dealkylation sites (N-methyl/N-ethyl adjacent to an activating group) is 1. The summed E-state index contributed by atoms with van der Waals surface area (Å²) in [6, 6.07) is 10.5. The molecule has 5 heteroatoms. The highest BCUT2D eigenvalue weighted by atomic mass is 16.5. The van der Waals surface area contributed by atoms with Crippen molar-refractivity contribution in [2.45, 2.75) is 32.4 Å². The summed E-state index contributed by atoms with van der Waals surface area (Å²) in [4.78, 5) is 15.1. The number of carbonyl (C=O) groups is 1. The van der Waals surface area contributed by atoms with E-state index in [9.17, 15) is 4.79 Å². The third kappa shape index (κ3) is 5.30. The molecule has 1 atom stereocenters. The van der Waals surface area contributed by atoms with Gasteiger partial charge in [0.25, 0.3) is 0 Å². The monoisotopic (exact) mass is 333 g/mol. The van der Waals surface area contributed by atoms with Crippen molar-refractivity contribution in [3.63, 3.8) is 0 Å². The molecular weight excluding hydrogens is 302 g/mol. The minimum Gasteiger partial charge on any atom is -0.384 e. The van der Waals surface area contributed by atoms with E-state index in [-0.39, 0.29) is 17.4 Å². The number of rotatable bonds is 8. The Morgan fingerprint density at radius 3 is 2.62 bits per heavy atom. The van der Waals surface area contributed by atoms with Crippen molar-refractivity contribution >= 4 is 5.91 Å². The summed E-state index contributed by atoms with van der Waals surface area (Å²) in [5.41, 5.74) is 0.902. The minimum absolute atomic E-state index is 0.106. The molecule has 1 heterocycles. The van der Waals surface area contributed by atoms with Crippen LogP contribution < -0.4 is 10.6 Å². The molecule has 5 nitrogen and oxygen atoms in total. The Morgan fingerprint density at radius 2 is 2.00 bits per heavy atom. The topological polar surface area (TPSA) is 53.6 Å². The summed E-state index contributed by atoms with van der Waals surface area (Å²) in [6.07, 6.45) is 1.67. The molecule has 2 N–H and O–H groups in total. The van der Waals surface area contributed by atoms with Crippen LogP contribution in [0.25, 0.3) is 0 Å². The third-order valence-electron chi connectivity index (χ3n) is 4.72. The smallest absolute Gasteiger partial charge is 0.228 e. The van der Waals surface area contributed by atoms with Crippen LogP contribution in [0.4, 0.5) is 0 Å². The Morgan fingerprint density at radius 1 is 1.33 bits per heavy atom. The predicted molar refractivity (Wildman–Crippen MR) is 96.8 cm³/mol. The van der Waals surface area contributed by atoms with E-state index < -0.39 is 0 Å². The van der Waals surface area contributed by atoms with Gasteiger partial charge >= 0.3 is 0 Å². The van der Waals surface area contributed by atoms with Crippen molar-refractivity contribution in [3.8, 4) is 0 Å². The number of hydrogen-bond donors (Lipinski definition) is 2. The summed E-state index contributed by atoms with van der Waals surface area (Å²) >= 11 is 0. The van der Waals surface area contributed by atoms with Crippen molar-refractivity contribution in [3.05, 3.63) is 35.9 Å². The summed E-state index contributed by atoms with van der Waals surface area (Å²) in [6.45, 7) is 6.02. The van der Waals surface area contributed by atoms with Crippen LogP contribution in [0.15, 0.2) is 30.3 Å². The second kappa shape index (κ2) is 9.16. The molecule has 0 radical (unpaired) electrons. The fraction of sp³-hybridized carbons (Fsp3) is 0.632. The second-order valence-corrected chi connectivity index (χ2v) is 7.02. The van der Waals surface area contributed by atoms with Crippen LogP contribution in [0.5, 0.6) is 0 Å². The number of piperidine rings is 1. The SMILES string of the molecule is COCC1(C(=O)NC(C)CN(C)Cc2ccccc2)CCNCC1. The standard InChI is InChI=1S/C19H31N3O2/c1-16(13-22(2)14-17-7-5-4-6-8-17)21-18(23)19(15-24-3)9-11-20-12-10-19/h4-8,16,20H,9-15H2,1-3H3,(H,21,23). The van der Waals surface area contributed by atoms with E-state index in [2.05, 4.69) is 53.8 Å². The van der Waals surface area contributed by atoms with Gasteiger partial charge < -0.3 is 20.3 Å². The summed E-state index contributed by atoms with van der Waals surface area (Å²) in [5.74, 6) is 0.131. The van der Waals surface area contributed by atoms with Crippen molar-refractivity contribution in [2.24, 2.45) is 5.41 Å². The first-order valence-electron chi connectivity index (χ1n) is 8.79. The Labute approximate surface area is 145 Å². The summed E-state index contributed by atoms with van der Waals surface area (Å²) in [7, 11) is 3.76. The predicted octanol–water partition coefficient (Wildman–Crippen LogP) is 1.64. The number of carbonyl (C=O) groups excluding carboxylic acids is 1. The van der Waals surface area contributed by atoms with Gasteiger partial charge in [0, 0.05) is 26.2 Å². The number of nitrogens with zero attached hydrogens (tertiary/aromatic N) is 1. The zero-order chi connectivity index (χ0) is 17.4. The van der Waals surface area contributed by atoms with E-state index in [4.69, 9.17) is 4.74 Å². The molecule has 1 aromatic rings. The normalized spacial score (nSPS) is 18.3. The second-order valence-electron chi connectivity index (χ2n) is 7.02. The average molecular weight is 333 g/mol. The Bertz CT molecular complexity index is 495. The molecule has 0 aliphatic carbocycles. The quantitative estimate of drug-likeness (QED) is 0.759. The fourth-order valence-electron chi connectivity index (χ4n) is 3.47. The number of methoxy groups -OCH3 is 1. The number of hydrogen-bond acceptors (Lipinski definition) is 4. The third-order valence-corrected chi connectivity index (χ3v) is 4.72. The van der Waals surface area contributed by atoms with E-state index in [1.165, 1.54) is 5.56 Å². The van der Waals surface area contributed by atoms with E-state index in [1.807, 2.05) is 6.07 Å². The molecule has 1 amide bonds. The van der Waals surface area contributed by atoms with E-state index in [0.29, 0.717) is 6.61 Å². The molecule has 1 saturated heterocycles. The molecule has 1 fully saturated rings. The molecule has 24 heavy (non-hydrogen) atoms. The zero-order valence-electron chi connectivity index (χ0n) is 15.2. The van der Waals surface area contributed by atoms with Gasteiger partial charge in [-0.1, -0.05) is 30.3 Å². The number of amides is 1. The van der Waals surface area contributed by atoms with E-state index in [0.717, 1.165) is 39.0 Å². The molecule has 1 aliphatic heterocycles. The first-order chi connectivity index (χ1) is 11.6. The first-order valence-corrected chi connectivity index (χ1v) is 8.79. The number of nitrogens with one attached hydrogen (secondary N) is 2. The highest BCUT2D eigenvalue weighted by Gasteiger charge is 2.40. The Balaban J connectivity index is 1.85. The van der Waals surface area contributed by atoms with Crippen LogP contribution in [-0.2, 0) is 16.1 Å². The van der Waals surface area contributed by atoms with Crippen LogP contribution in [0.1, 0.15) is 25.3 Å². The summed E-state index contributed by atoms with van der Waals surface area (Å²) in [5, 5.41) is 6.53. The average Bonchev–Trinajstić information content (AvgIpc) is 2.56. The molecule has 1 unspecified atom stereocenters. The van der Waals surface area contributed by atoms with Crippen LogP contribution in [0.3, 0.4) is 0 Å². The van der Waals surface area contributed by atoms with Gasteiger partial charge in [0.2, 0.25) is 5.91 Å². The lowest BCUT2D eigenvalue weighted by Gasteiger charge is -2.36. The Hall–Kier alpha value is -1.43. The van der Waals surface area contributed by atoms with Crippen molar-refractivity contribution in [1.29, 1.82) is 0 Å². The number of benzene rings is 1. The largest absolute Gasteiger partial charge is 0.384 e. The maximum atomic E-state index is 12.8. The minimum atomic E-state index is -0.383. The van der Waals surface area contributed by atoms with Crippen molar-refractivity contribution in [1.82, 2.24) is 15.5 Å². The molecule has 0 aromatic heterocycles. The zero-order valence-corrected chi connectivity index (χ0v) is 15.2. The molecule has 1 aliphatic rings. The highest BCUT2D eigenvalue weighted by molar-refractivity contribution is 5.83. The van der Waals surface area contributed by atoms with Gasteiger partial charge in [-0.3, -0.25) is 4.79 Å². The van der Waals surface area contributed by atoms with Gasteiger partial charge in [-0.05, 0) is 45.5 Å². The van der Waals surface area contributed by atoms with Gasteiger partial charge in [-0.2, -0.15) is 0 Å². The van der Waals surface area contributed by atoms with Gasteiger partial charge in [0.05, 0.1) is 12.0 Å². The molecule has 0 saturated carbocycles. The fourth-order valence-corrected chi connectivity index (χ4v) is 3.47. The summed E-state index contributed by atoms with van der Waals surface area (Å²) < 4.78 is 5.35. The van der Waals surface area contributed by atoms with E-state index in [1.54, 1.807) is 7.11 Å². The lowest BCUT2D eigenvalue weighted by Crippen LogP contribution is -2.53. The van der Waals surface area contributed by atoms with Gasteiger partial charge in [-0.25, -0.2) is 0 Å². The first kappa shape index (κ1) is 18.9. The molecule has 2 rings (SSSR count).